The minimum absolute atomic E-state index is 0.0334. The molecule has 0 N–H and O–H groups in total. The second-order valence-corrected chi connectivity index (χ2v) is 5.50. The lowest BCUT2D eigenvalue weighted by atomic mass is 10.0. The lowest BCUT2D eigenvalue weighted by Crippen LogP contribution is -2.30. The van der Waals surface area contributed by atoms with Gasteiger partial charge in [-0.25, -0.2) is 0 Å². The van der Waals surface area contributed by atoms with Crippen LogP contribution in [0.4, 0.5) is 0 Å². The molecule has 0 saturated carbocycles. The number of halogens is 1. The van der Waals surface area contributed by atoms with E-state index in [4.69, 9.17) is 21.1 Å². The summed E-state index contributed by atoms with van der Waals surface area (Å²) in [5.74, 6) is 1.48. The molecular weight excluding hydrogens is 278 g/mol. The van der Waals surface area contributed by atoms with E-state index in [1.165, 1.54) is 0 Å². The predicted octanol–water partition coefficient (Wildman–Crippen LogP) is 2.99. The van der Waals surface area contributed by atoms with Crippen LogP contribution in [0.2, 0.25) is 0 Å². The van der Waals surface area contributed by atoms with E-state index in [1.807, 2.05) is 23.1 Å². The summed E-state index contributed by atoms with van der Waals surface area (Å²) in [6.07, 6.45) is 1.26. The Balaban J connectivity index is 2.30. The maximum Gasteiger partial charge on any atom is 0.224 e. The summed E-state index contributed by atoms with van der Waals surface area (Å²) in [6, 6.07) is 5.81. The van der Waals surface area contributed by atoms with E-state index in [-0.39, 0.29) is 17.3 Å². The van der Waals surface area contributed by atoms with Gasteiger partial charge in [0.15, 0.2) is 11.5 Å². The number of hydrogen-bond acceptors (Lipinski definition) is 3. The first-order valence-corrected chi connectivity index (χ1v) is 7.19. The van der Waals surface area contributed by atoms with E-state index in [1.54, 1.807) is 14.2 Å². The first-order chi connectivity index (χ1) is 9.60. The number of ether oxygens (including phenoxy) is 2. The maximum atomic E-state index is 12.0. The zero-order valence-electron chi connectivity index (χ0n) is 12.1. The van der Waals surface area contributed by atoms with Gasteiger partial charge in [-0.05, 0) is 24.1 Å². The molecule has 20 heavy (non-hydrogen) atoms. The third kappa shape index (κ3) is 2.85. The molecule has 1 aliphatic rings. The summed E-state index contributed by atoms with van der Waals surface area (Å²) in [5, 5.41) is -0.0864. The zero-order valence-corrected chi connectivity index (χ0v) is 12.8. The van der Waals surface area contributed by atoms with Gasteiger partial charge >= 0.3 is 0 Å². The molecule has 0 radical (unpaired) electrons. The molecule has 0 aromatic heterocycles. The molecule has 2 atom stereocenters. The van der Waals surface area contributed by atoms with Gasteiger partial charge in [-0.1, -0.05) is 13.0 Å². The van der Waals surface area contributed by atoms with Crippen LogP contribution >= 0.6 is 11.6 Å². The molecule has 0 bridgehead atoms. The fraction of sp³-hybridized carbons (Fsp3) is 0.533. The molecule has 1 amide bonds. The van der Waals surface area contributed by atoms with Gasteiger partial charge in [0.05, 0.1) is 25.6 Å². The SMILES string of the molecule is CCC(c1ccc(OC)c(OC)c1)N1CC(Cl)CC1=O. The fourth-order valence-corrected chi connectivity index (χ4v) is 2.96. The van der Waals surface area contributed by atoms with Crippen molar-refractivity contribution < 1.29 is 14.3 Å². The summed E-state index contributed by atoms with van der Waals surface area (Å²) in [4.78, 5) is 13.9. The van der Waals surface area contributed by atoms with Crippen LogP contribution in [0, 0.1) is 0 Å². The minimum Gasteiger partial charge on any atom is -0.493 e. The van der Waals surface area contributed by atoms with E-state index in [0.29, 0.717) is 24.5 Å². The summed E-state index contributed by atoms with van der Waals surface area (Å²) in [6.45, 7) is 2.67. The highest BCUT2D eigenvalue weighted by atomic mass is 35.5. The van der Waals surface area contributed by atoms with Crippen molar-refractivity contribution >= 4 is 17.5 Å². The molecule has 110 valence electrons. The number of carbonyl (C=O) groups excluding carboxylic acids is 1. The first kappa shape index (κ1) is 15.0. The van der Waals surface area contributed by atoms with Crippen LogP contribution in [0.5, 0.6) is 11.5 Å². The number of methoxy groups -OCH3 is 2. The molecule has 2 rings (SSSR count). The third-order valence-electron chi connectivity index (χ3n) is 3.67. The highest BCUT2D eigenvalue weighted by Crippen LogP contribution is 2.35. The number of hydrogen-bond donors (Lipinski definition) is 0. The molecule has 1 aromatic rings. The second kappa shape index (κ2) is 6.35. The van der Waals surface area contributed by atoms with Crippen LogP contribution in [0.25, 0.3) is 0 Å². The Hall–Kier alpha value is -1.42. The molecule has 5 heteroatoms. The van der Waals surface area contributed by atoms with Crippen molar-refractivity contribution in [2.45, 2.75) is 31.2 Å². The lowest BCUT2D eigenvalue weighted by Gasteiger charge is -2.28. The van der Waals surface area contributed by atoms with Crippen molar-refractivity contribution in [3.8, 4) is 11.5 Å². The Bertz CT molecular complexity index is 492. The van der Waals surface area contributed by atoms with Gasteiger partial charge in [-0.15, -0.1) is 11.6 Å². The van der Waals surface area contributed by atoms with Crippen LogP contribution in [0.1, 0.15) is 31.4 Å². The van der Waals surface area contributed by atoms with Crippen LogP contribution in [0.3, 0.4) is 0 Å². The number of rotatable bonds is 5. The average molecular weight is 298 g/mol. The summed E-state index contributed by atoms with van der Waals surface area (Å²) in [7, 11) is 3.22. The van der Waals surface area contributed by atoms with Gasteiger partial charge in [0, 0.05) is 13.0 Å². The van der Waals surface area contributed by atoms with Crippen LogP contribution in [-0.4, -0.2) is 36.9 Å². The van der Waals surface area contributed by atoms with Gasteiger partial charge in [0.1, 0.15) is 0 Å². The van der Waals surface area contributed by atoms with Crippen molar-refractivity contribution in [3.05, 3.63) is 23.8 Å². The highest BCUT2D eigenvalue weighted by molar-refractivity contribution is 6.22. The summed E-state index contributed by atoms with van der Waals surface area (Å²) >= 11 is 6.09. The fourth-order valence-electron chi connectivity index (χ4n) is 2.68. The quantitative estimate of drug-likeness (QED) is 0.784. The average Bonchev–Trinajstić information content (AvgIpc) is 2.78. The maximum absolute atomic E-state index is 12.0. The third-order valence-corrected chi connectivity index (χ3v) is 3.96. The number of amides is 1. The first-order valence-electron chi connectivity index (χ1n) is 6.76. The Morgan fingerprint density at radius 3 is 2.55 bits per heavy atom. The normalized spacial score (nSPS) is 20.1. The second-order valence-electron chi connectivity index (χ2n) is 4.89. The molecule has 0 spiro atoms. The standard InChI is InChI=1S/C15H20ClNO3/c1-4-12(17-9-11(16)8-15(17)18)10-5-6-13(19-2)14(7-10)20-3/h5-7,11-12H,4,8-9H2,1-3H3. The summed E-state index contributed by atoms with van der Waals surface area (Å²) < 4.78 is 10.6. The Morgan fingerprint density at radius 2 is 2.05 bits per heavy atom. The van der Waals surface area contributed by atoms with E-state index < -0.39 is 0 Å². The minimum atomic E-state index is -0.0864. The number of nitrogens with zero attached hydrogens (tertiary/aromatic N) is 1. The zero-order chi connectivity index (χ0) is 14.7. The largest absolute Gasteiger partial charge is 0.493 e. The van der Waals surface area contributed by atoms with Gasteiger partial charge in [0.25, 0.3) is 0 Å². The predicted molar refractivity (Wildman–Crippen MR) is 78.5 cm³/mol. The molecule has 4 nitrogen and oxygen atoms in total. The molecule has 2 unspecified atom stereocenters. The van der Waals surface area contributed by atoms with Crippen LogP contribution in [-0.2, 0) is 4.79 Å². The monoisotopic (exact) mass is 297 g/mol. The Morgan fingerprint density at radius 1 is 1.35 bits per heavy atom. The topological polar surface area (TPSA) is 38.8 Å². The van der Waals surface area contributed by atoms with E-state index in [0.717, 1.165) is 12.0 Å². The number of carbonyl (C=O) groups is 1. The molecule has 1 aromatic carbocycles. The van der Waals surface area contributed by atoms with Crippen molar-refractivity contribution in [1.29, 1.82) is 0 Å². The van der Waals surface area contributed by atoms with E-state index >= 15 is 0 Å². The van der Waals surface area contributed by atoms with Crippen molar-refractivity contribution in [3.63, 3.8) is 0 Å². The number of likely N-dealkylation sites (tertiary alicyclic amines) is 1. The lowest BCUT2D eigenvalue weighted by molar-refractivity contribution is -0.129. The molecule has 1 saturated heterocycles. The molecule has 1 aliphatic heterocycles. The Labute approximate surface area is 124 Å². The van der Waals surface area contributed by atoms with Gasteiger partial charge in [0.2, 0.25) is 5.91 Å². The number of benzene rings is 1. The highest BCUT2D eigenvalue weighted by Gasteiger charge is 2.33. The van der Waals surface area contributed by atoms with E-state index in [2.05, 4.69) is 6.92 Å². The summed E-state index contributed by atoms with van der Waals surface area (Å²) in [5.41, 5.74) is 1.05. The van der Waals surface area contributed by atoms with Crippen LogP contribution < -0.4 is 9.47 Å². The smallest absolute Gasteiger partial charge is 0.224 e. The Kier molecular flexibility index (Phi) is 4.76. The molecule has 1 fully saturated rings. The van der Waals surface area contributed by atoms with Crippen molar-refractivity contribution in [2.24, 2.45) is 0 Å². The number of alkyl halides is 1. The van der Waals surface area contributed by atoms with Crippen molar-refractivity contribution in [2.75, 3.05) is 20.8 Å². The van der Waals surface area contributed by atoms with Gasteiger partial charge < -0.3 is 14.4 Å². The van der Waals surface area contributed by atoms with Crippen LogP contribution in [0.15, 0.2) is 18.2 Å². The molecule has 1 heterocycles. The van der Waals surface area contributed by atoms with Gasteiger partial charge in [-0.3, -0.25) is 4.79 Å². The van der Waals surface area contributed by atoms with Gasteiger partial charge in [-0.2, -0.15) is 0 Å². The van der Waals surface area contributed by atoms with E-state index in [9.17, 15) is 4.79 Å². The van der Waals surface area contributed by atoms with Crippen molar-refractivity contribution in [1.82, 2.24) is 4.90 Å². The molecule has 0 aliphatic carbocycles. The molecular formula is C15H20ClNO3.